The van der Waals surface area contributed by atoms with E-state index in [9.17, 15) is 8.78 Å². The SMILES string of the molecule is Fc1ccc(/C=C/c2n[nH]c3cc(F)c(-c4n[nH]c(CN5CCCCC5)n4)cc23)cc1. The number of fused-ring (bicyclic) bond motifs is 1. The van der Waals surface area contributed by atoms with E-state index in [4.69, 9.17) is 0 Å². The van der Waals surface area contributed by atoms with Crippen molar-refractivity contribution in [3.63, 3.8) is 0 Å². The Labute approximate surface area is 178 Å². The topological polar surface area (TPSA) is 73.5 Å². The van der Waals surface area contributed by atoms with Crippen LogP contribution in [0.15, 0.2) is 36.4 Å². The van der Waals surface area contributed by atoms with Crippen LogP contribution in [0, 0.1) is 11.6 Å². The van der Waals surface area contributed by atoms with Crippen molar-refractivity contribution in [2.75, 3.05) is 13.1 Å². The van der Waals surface area contributed by atoms with Gasteiger partial charge in [0.1, 0.15) is 17.5 Å². The maximum atomic E-state index is 14.8. The van der Waals surface area contributed by atoms with E-state index in [2.05, 4.69) is 30.3 Å². The van der Waals surface area contributed by atoms with E-state index in [1.165, 1.54) is 37.5 Å². The normalized spacial score (nSPS) is 15.3. The van der Waals surface area contributed by atoms with Gasteiger partial charge in [-0.25, -0.2) is 13.8 Å². The number of likely N-dealkylation sites (tertiary alicyclic amines) is 1. The van der Waals surface area contributed by atoms with Crippen molar-refractivity contribution in [1.29, 1.82) is 0 Å². The van der Waals surface area contributed by atoms with E-state index in [0.717, 1.165) is 29.9 Å². The fourth-order valence-corrected chi connectivity index (χ4v) is 3.92. The van der Waals surface area contributed by atoms with Crippen LogP contribution < -0.4 is 0 Å². The van der Waals surface area contributed by atoms with Crippen LogP contribution in [0.5, 0.6) is 0 Å². The Morgan fingerprint density at radius 2 is 1.74 bits per heavy atom. The molecule has 0 radical (unpaired) electrons. The van der Waals surface area contributed by atoms with E-state index in [1.807, 2.05) is 12.2 Å². The molecule has 0 aliphatic carbocycles. The van der Waals surface area contributed by atoms with Crippen LogP contribution in [0.1, 0.15) is 36.3 Å². The third-order valence-corrected chi connectivity index (χ3v) is 5.58. The van der Waals surface area contributed by atoms with Gasteiger partial charge in [0, 0.05) is 11.5 Å². The van der Waals surface area contributed by atoms with Gasteiger partial charge in [-0.15, -0.1) is 0 Å². The molecule has 1 fully saturated rings. The molecule has 5 rings (SSSR count). The highest BCUT2D eigenvalue weighted by Crippen LogP contribution is 2.27. The minimum absolute atomic E-state index is 0.284. The van der Waals surface area contributed by atoms with E-state index < -0.39 is 5.82 Å². The zero-order valence-corrected chi connectivity index (χ0v) is 16.9. The first-order valence-electron chi connectivity index (χ1n) is 10.4. The average molecular weight is 420 g/mol. The Kier molecular flexibility index (Phi) is 5.30. The van der Waals surface area contributed by atoms with E-state index in [0.29, 0.717) is 29.1 Å². The summed E-state index contributed by atoms with van der Waals surface area (Å²) in [5, 5.41) is 15.1. The molecule has 1 saturated heterocycles. The van der Waals surface area contributed by atoms with Crippen LogP contribution >= 0.6 is 0 Å². The number of benzene rings is 2. The predicted octanol–water partition coefficient (Wildman–Crippen LogP) is 4.78. The number of rotatable bonds is 5. The van der Waals surface area contributed by atoms with Crippen molar-refractivity contribution in [3.05, 3.63) is 65.1 Å². The molecule has 0 saturated carbocycles. The third-order valence-electron chi connectivity index (χ3n) is 5.58. The lowest BCUT2D eigenvalue weighted by Crippen LogP contribution is -2.29. The van der Waals surface area contributed by atoms with Gasteiger partial charge < -0.3 is 0 Å². The van der Waals surface area contributed by atoms with Crippen LogP contribution in [0.25, 0.3) is 34.4 Å². The number of nitrogens with zero attached hydrogens (tertiary/aromatic N) is 4. The van der Waals surface area contributed by atoms with Gasteiger partial charge in [-0.2, -0.15) is 10.2 Å². The van der Waals surface area contributed by atoms with Gasteiger partial charge in [0.15, 0.2) is 5.82 Å². The second kappa shape index (κ2) is 8.39. The fraction of sp³-hybridized carbons (Fsp3) is 0.261. The number of H-pyrrole nitrogens is 2. The molecule has 158 valence electrons. The molecule has 31 heavy (non-hydrogen) atoms. The zero-order valence-electron chi connectivity index (χ0n) is 16.9. The van der Waals surface area contributed by atoms with Gasteiger partial charge in [-0.05, 0) is 55.8 Å². The summed E-state index contributed by atoms with van der Waals surface area (Å²) in [6.07, 6.45) is 7.31. The Morgan fingerprint density at radius 3 is 2.55 bits per heavy atom. The number of hydrogen-bond acceptors (Lipinski definition) is 4. The summed E-state index contributed by atoms with van der Waals surface area (Å²) in [7, 11) is 0. The molecule has 1 aliphatic heterocycles. The van der Waals surface area contributed by atoms with Crippen molar-refractivity contribution in [1.82, 2.24) is 30.3 Å². The highest BCUT2D eigenvalue weighted by atomic mass is 19.1. The lowest BCUT2D eigenvalue weighted by atomic mass is 10.1. The summed E-state index contributed by atoms with van der Waals surface area (Å²) in [5.41, 5.74) is 2.41. The second-order valence-electron chi connectivity index (χ2n) is 7.81. The zero-order chi connectivity index (χ0) is 21.2. The Balaban J connectivity index is 1.42. The largest absolute Gasteiger partial charge is 0.296 e. The summed E-state index contributed by atoms with van der Waals surface area (Å²) in [4.78, 5) is 6.86. The van der Waals surface area contributed by atoms with Crippen molar-refractivity contribution < 1.29 is 8.78 Å². The number of nitrogens with one attached hydrogen (secondary N) is 2. The van der Waals surface area contributed by atoms with Crippen molar-refractivity contribution in [3.8, 4) is 11.4 Å². The molecular weight excluding hydrogens is 398 g/mol. The lowest BCUT2D eigenvalue weighted by Gasteiger charge is -2.24. The summed E-state index contributed by atoms with van der Waals surface area (Å²) in [5.74, 6) is 0.378. The van der Waals surface area contributed by atoms with Crippen LogP contribution in [-0.4, -0.2) is 43.4 Å². The minimum Gasteiger partial charge on any atom is -0.296 e. The minimum atomic E-state index is -0.409. The summed E-state index contributed by atoms with van der Waals surface area (Å²) in [6, 6.07) is 9.30. The second-order valence-corrected chi connectivity index (χ2v) is 7.81. The molecule has 8 heteroatoms. The molecule has 2 N–H and O–H groups in total. The lowest BCUT2D eigenvalue weighted by molar-refractivity contribution is 0.216. The standard InChI is InChI=1S/C23H22F2N6/c24-16-7-4-15(5-8-16)6-9-20-18-12-17(19(25)13-21(18)28-27-20)23-26-22(29-30-23)14-31-10-2-1-3-11-31/h4-9,12-13H,1-3,10-11,14H2,(H,27,28)(H,26,29,30)/b9-6+. The highest BCUT2D eigenvalue weighted by molar-refractivity contribution is 5.92. The van der Waals surface area contributed by atoms with Crippen molar-refractivity contribution in [2.24, 2.45) is 0 Å². The number of aromatic amines is 2. The molecule has 0 bridgehead atoms. The number of hydrogen-bond donors (Lipinski definition) is 2. The molecule has 6 nitrogen and oxygen atoms in total. The molecular formula is C23H22F2N6. The Morgan fingerprint density at radius 1 is 0.935 bits per heavy atom. The van der Waals surface area contributed by atoms with E-state index in [-0.39, 0.29) is 5.82 Å². The van der Waals surface area contributed by atoms with Gasteiger partial charge in [-0.1, -0.05) is 24.6 Å². The smallest absolute Gasteiger partial charge is 0.184 e. The monoisotopic (exact) mass is 420 g/mol. The molecule has 0 atom stereocenters. The number of piperidine rings is 1. The summed E-state index contributed by atoms with van der Waals surface area (Å²) >= 11 is 0. The molecule has 3 heterocycles. The third kappa shape index (κ3) is 4.25. The van der Waals surface area contributed by atoms with Gasteiger partial charge in [0.05, 0.1) is 23.3 Å². The van der Waals surface area contributed by atoms with E-state index >= 15 is 0 Å². The first-order valence-corrected chi connectivity index (χ1v) is 10.4. The van der Waals surface area contributed by atoms with Gasteiger partial charge >= 0.3 is 0 Å². The first kappa shape index (κ1) is 19.6. The van der Waals surface area contributed by atoms with Crippen LogP contribution in [0.3, 0.4) is 0 Å². The van der Waals surface area contributed by atoms with Gasteiger partial charge in [0.2, 0.25) is 0 Å². The van der Waals surface area contributed by atoms with Crippen LogP contribution in [-0.2, 0) is 6.54 Å². The molecule has 0 amide bonds. The Hall–Kier alpha value is -3.39. The summed E-state index contributed by atoms with van der Waals surface area (Å²) in [6.45, 7) is 2.79. The number of halogens is 2. The first-order chi connectivity index (χ1) is 15.2. The quantitative estimate of drug-likeness (QED) is 0.487. The van der Waals surface area contributed by atoms with Crippen LogP contribution in [0.2, 0.25) is 0 Å². The van der Waals surface area contributed by atoms with Gasteiger partial charge in [-0.3, -0.25) is 15.1 Å². The number of aromatic nitrogens is 5. The maximum absolute atomic E-state index is 14.8. The fourth-order valence-electron chi connectivity index (χ4n) is 3.92. The molecule has 0 unspecified atom stereocenters. The predicted molar refractivity (Wildman–Crippen MR) is 116 cm³/mol. The van der Waals surface area contributed by atoms with Crippen LogP contribution in [0.4, 0.5) is 8.78 Å². The average Bonchev–Trinajstić information content (AvgIpc) is 3.40. The molecule has 2 aromatic heterocycles. The van der Waals surface area contributed by atoms with Gasteiger partial charge in [0.25, 0.3) is 0 Å². The van der Waals surface area contributed by atoms with Crippen molar-refractivity contribution >= 4 is 23.1 Å². The molecule has 0 spiro atoms. The maximum Gasteiger partial charge on any atom is 0.184 e. The van der Waals surface area contributed by atoms with Crippen molar-refractivity contribution in [2.45, 2.75) is 25.8 Å². The summed E-state index contributed by atoms with van der Waals surface area (Å²) < 4.78 is 27.9. The highest BCUT2D eigenvalue weighted by Gasteiger charge is 2.17. The molecule has 4 aromatic rings. The molecule has 2 aromatic carbocycles. The molecule has 1 aliphatic rings. The van der Waals surface area contributed by atoms with E-state index in [1.54, 1.807) is 18.2 Å². The Bertz CT molecular complexity index is 1220.